The van der Waals surface area contributed by atoms with Crippen LogP contribution in [0.3, 0.4) is 0 Å². The lowest BCUT2D eigenvalue weighted by atomic mass is 10.1. The van der Waals surface area contributed by atoms with E-state index in [0.717, 1.165) is 26.5 Å². The summed E-state index contributed by atoms with van der Waals surface area (Å²) in [7, 11) is 0. The molecule has 5 nitrogen and oxygen atoms in total. The van der Waals surface area contributed by atoms with E-state index < -0.39 is 17.8 Å². The first kappa shape index (κ1) is 26.6. The number of nitrogens with zero attached hydrogens (tertiary/aromatic N) is 2. The number of thiazole rings is 1. The average Bonchev–Trinajstić information content (AvgIpc) is 3.52. The fraction of sp³-hybridized carbons (Fsp3) is 0.115. The molecule has 0 aliphatic carbocycles. The van der Waals surface area contributed by atoms with Gasteiger partial charge in [0, 0.05) is 15.8 Å². The number of aryl methyl sites for hydroxylation is 1. The molecule has 190 valence electrons. The Labute approximate surface area is 223 Å². The molecule has 0 radical (unpaired) electrons. The molecule has 0 aliphatic heterocycles. The predicted molar refractivity (Wildman–Crippen MR) is 142 cm³/mol. The zero-order valence-electron chi connectivity index (χ0n) is 19.3. The highest BCUT2D eigenvalue weighted by atomic mass is 35.5. The molecule has 37 heavy (non-hydrogen) atoms. The van der Waals surface area contributed by atoms with Crippen LogP contribution >= 0.6 is 34.3 Å². The van der Waals surface area contributed by atoms with Crippen molar-refractivity contribution in [3.63, 3.8) is 0 Å². The summed E-state index contributed by atoms with van der Waals surface area (Å²) in [5.74, 6) is -0.569. The number of esters is 1. The molecule has 0 saturated carbocycles. The van der Waals surface area contributed by atoms with Crippen LogP contribution in [0.5, 0.6) is 0 Å². The molecule has 0 bridgehead atoms. The van der Waals surface area contributed by atoms with Gasteiger partial charge in [0.15, 0.2) is 0 Å². The number of hydrogen-bond donors (Lipinski definition) is 1. The second-order valence-electron chi connectivity index (χ2n) is 7.72. The number of allylic oxidation sites excluding steroid dienone is 2. The van der Waals surface area contributed by atoms with E-state index >= 15 is 0 Å². The number of halogens is 4. The van der Waals surface area contributed by atoms with E-state index in [4.69, 9.17) is 22.1 Å². The number of ether oxygens (including phenoxy) is 1. The Balaban J connectivity index is 1.51. The molecule has 11 heteroatoms. The Bertz CT molecular complexity index is 1470. The molecule has 0 atom stereocenters. The maximum atomic E-state index is 13.1. The highest BCUT2D eigenvalue weighted by molar-refractivity contribution is 7.16. The summed E-state index contributed by atoms with van der Waals surface area (Å²) in [6.45, 7) is 2.02. The summed E-state index contributed by atoms with van der Waals surface area (Å²) in [5.41, 5.74) is 5.57. The molecule has 0 saturated heterocycles. The summed E-state index contributed by atoms with van der Waals surface area (Å²) in [6.07, 6.45) is -4.00. The van der Waals surface area contributed by atoms with E-state index in [-0.39, 0.29) is 28.6 Å². The number of benzene rings is 2. The molecule has 4 rings (SSSR count). The van der Waals surface area contributed by atoms with Gasteiger partial charge in [0.05, 0.1) is 37.6 Å². The SMILES string of the molecule is Cc1nc(-c2ccc(COC(=O)c3ccc(C(/C=C(\N)C(F)(F)F)=Nc4ccccc4Cl)cc3)s2)cs1. The van der Waals surface area contributed by atoms with Crippen LogP contribution in [0.25, 0.3) is 10.6 Å². The normalized spacial score (nSPS) is 12.6. The minimum Gasteiger partial charge on any atom is -0.456 e. The van der Waals surface area contributed by atoms with Gasteiger partial charge < -0.3 is 10.5 Å². The third-order valence-electron chi connectivity index (χ3n) is 5.01. The molecule has 0 amide bonds. The number of hydrogen-bond acceptors (Lipinski definition) is 7. The van der Waals surface area contributed by atoms with Crippen LogP contribution in [0.15, 0.2) is 82.8 Å². The predicted octanol–water partition coefficient (Wildman–Crippen LogP) is 7.72. The lowest BCUT2D eigenvalue weighted by Gasteiger charge is -2.10. The topological polar surface area (TPSA) is 77.6 Å². The molecule has 0 unspecified atom stereocenters. The number of aromatic nitrogens is 1. The third kappa shape index (κ3) is 6.85. The van der Waals surface area contributed by atoms with E-state index in [9.17, 15) is 18.0 Å². The second-order valence-corrected chi connectivity index (χ2v) is 10.4. The Morgan fingerprint density at radius 1 is 1.11 bits per heavy atom. The number of rotatable bonds is 7. The van der Waals surface area contributed by atoms with Crippen LogP contribution in [0.2, 0.25) is 5.02 Å². The highest BCUT2D eigenvalue weighted by Gasteiger charge is 2.31. The zero-order chi connectivity index (χ0) is 26.6. The summed E-state index contributed by atoms with van der Waals surface area (Å²) in [4.78, 5) is 23.1. The maximum Gasteiger partial charge on any atom is 0.430 e. The molecule has 2 N–H and O–H groups in total. The van der Waals surface area contributed by atoms with Gasteiger partial charge in [-0.15, -0.1) is 22.7 Å². The quantitative estimate of drug-likeness (QED) is 0.185. The van der Waals surface area contributed by atoms with Gasteiger partial charge in [0.1, 0.15) is 12.3 Å². The van der Waals surface area contributed by atoms with Gasteiger partial charge in [0.25, 0.3) is 0 Å². The fourth-order valence-electron chi connectivity index (χ4n) is 3.15. The molecule has 0 spiro atoms. The number of aliphatic imine (C=N–C) groups is 1. The van der Waals surface area contributed by atoms with Crippen LogP contribution < -0.4 is 5.73 Å². The van der Waals surface area contributed by atoms with E-state index in [1.807, 2.05) is 24.4 Å². The van der Waals surface area contributed by atoms with E-state index in [2.05, 4.69) is 9.98 Å². The molecule has 2 heterocycles. The van der Waals surface area contributed by atoms with Crippen molar-refractivity contribution in [2.75, 3.05) is 0 Å². The average molecular weight is 562 g/mol. The largest absolute Gasteiger partial charge is 0.456 e. The van der Waals surface area contributed by atoms with Gasteiger partial charge in [-0.2, -0.15) is 13.2 Å². The lowest BCUT2D eigenvalue weighted by Crippen LogP contribution is -2.21. The van der Waals surface area contributed by atoms with Gasteiger partial charge in [-0.25, -0.2) is 14.8 Å². The molecular formula is C26H19ClF3N3O2S2. The van der Waals surface area contributed by atoms with Crippen molar-refractivity contribution in [2.45, 2.75) is 19.7 Å². The number of para-hydroxylation sites is 1. The molecular weight excluding hydrogens is 543 g/mol. The zero-order valence-corrected chi connectivity index (χ0v) is 21.6. The molecule has 2 aromatic heterocycles. The van der Waals surface area contributed by atoms with Crippen LogP contribution in [0, 0.1) is 6.92 Å². The van der Waals surface area contributed by atoms with Gasteiger partial charge in [0.2, 0.25) is 0 Å². The van der Waals surface area contributed by atoms with Crippen LogP contribution in [0.1, 0.15) is 25.8 Å². The fourth-order valence-corrected chi connectivity index (χ4v) is 4.90. The van der Waals surface area contributed by atoms with Gasteiger partial charge in [-0.1, -0.05) is 35.9 Å². The van der Waals surface area contributed by atoms with Crippen molar-refractivity contribution in [1.82, 2.24) is 4.98 Å². The van der Waals surface area contributed by atoms with Crippen LogP contribution in [0.4, 0.5) is 18.9 Å². The van der Waals surface area contributed by atoms with Crippen LogP contribution in [-0.2, 0) is 11.3 Å². The number of carbonyl (C=O) groups is 1. The Morgan fingerprint density at radius 3 is 2.46 bits per heavy atom. The molecule has 2 aromatic carbocycles. The number of thiophene rings is 1. The van der Waals surface area contributed by atoms with Crippen molar-refractivity contribution in [3.05, 3.63) is 104 Å². The van der Waals surface area contributed by atoms with Gasteiger partial charge in [-0.05, 0) is 49.4 Å². The molecule has 0 fully saturated rings. The third-order valence-corrected chi connectivity index (χ3v) is 7.18. The summed E-state index contributed by atoms with van der Waals surface area (Å²) in [6, 6.07) is 16.1. The first-order valence-corrected chi connectivity index (χ1v) is 12.8. The second kappa shape index (κ2) is 11.3. The Hall–Kier alpha value is -3.47. The van der Waals surface area contributed by atoms with Crippen LogP contribution in [-0.4, -0.2) is 22.8 Å². The first-order valence-electron chi connectivity index (χ1n) is 10.8. The van der Waals surface area contributed by atoms with E-state index in [0.29, 0.717) is 5.56 Å². The molecule has 0 aliphatic rings. The number of carbonyl (C=O) groups excluding carboxylic acids is 1. The van der Waals surface area contributed by atoms with Gasteiger partial charge in [-0.3, -0.25) is 0 Å². The standard InChI is InChI=1S/C26H19ClF3N3O2S2/c1-15-32-22(14-36-15)23-11-10-18(37-23)13-35-25(34)17-8-6-16(7-9-17)21(12-24(31)26(28,29)30)33-20-5-3-2-4-19(20)27/h2-12,14H,13,31H2,1H3/b24-12-,33-21?. The Kier molecular flexibility index (Phi) is 8.11. The summed E-state index contributed by atoms with van der Waals surface area (Å²) >= 11 is 9.17. The van der Waals surface area contributed by atoms with Crippen molar-refractivity contribution < 1.29 is 22.7 Å². The minimum atomic E-state index is -4.73. The first-order chi connectivity index (χ1) is 17.6. The molecule has 4 aromatic rings. The summed E-state index contributed by atoms with van der Waals surface area (Å²) < 4.78 is 44.7. The van der Waals surface area contributed by atoms with Crippen molar-refractivity contribution in [2.24, 2.45) is 10.7 Å². The van der Waals surface area contributed by atoms with E-state index in [1.54, 1.807) is 35.6 Å². The van der Waals surface area contributed by atoms with Crippen molar-refractivity contribution in [3.8, 4) is 10.6 Å². The summed E-state index contributed by atoms with van der Waals surface area (Å²) in [5, 5.41) is 3.21. The minimum absolute atomic E-state index is 0.0637. The van der Waals surface area contributed by atoms with E-state index in [1.165, 1.54) is 35.6 Å². The van der Waals surface area contributed by atoms with Crippen molar-refractivity contribution in [1.29, 1.82) is 0 Å². The smallest absolute Gasteiger partial charge is 0.430 e. The number of alkyl halides is 3. The van der Waals surface area contributed by atoms with Crippen molar-refractivity contribution >= 4 is 51.6 Å². The Morgan fingerprint density at radius 2 is 1.81 bits per heavy atom. The maximum absolute atomic E-state index is 13.1. The lowest BCUT2D eigenvalue weighted by molar-refractivity contribution is -0.0925. The highest BCUT2D eigenvalue weighted by Crippen LogP contribution is 2.30. The van der Waals surface area contributed by atoms with Gasteiger partial charge >= 0.3 is 12.1 Å². The number of nitrogens with two attached hydrogens (primary N) is 1. The monoisotopic (exact) mass is 561 g/mol.